The van der Waals surface area contributed by atoms with Crippen LogP contribution >= 0.6 is 11.6 Å². The number of benzene rings is 1. The lowest BCUT2D eigenvalue weighted by Crippen LogP contribution is -2.04. The van der Waals surface area contributed by atoms with E-state index in [1.165, 1.54) is 6.07 Å². The van der Waals surface area contributed by atoms with Gasteiger partial charge in [-0.25, -0.2) is 9.37 Å². The minimum absolute atomic E-state index is 0.245. The van der Waals surface area contributed by atoms with Crippen molar-refractivity contribution in [2.75, 3.05) is 0 Å². The van der Waals surface area contributed by atoms with Gasteiger partial charge < -0.3 is 4.57 Å². The summed E-state index contributed by atoms with van der Waals surface area (Å²) < 4.78 is 15.7. The van der Waals surface area contributed by atoms with Crippen LogP contribution in [0.2, 0.25) is 0 Å². The number of alkyl halides is 1. The van der Waals surface area contributed by atoms with Crippen molar-refractivity contribution in [2.45, 2.75) is 26.3 Å². The van der Waals surface area contributed by atoms with Gasteiger partial charge >= 0.3 is 0 Å². The van der Waals surface area contributed by atoms with E-state index in [1.54, 1.807) is 6.92 Å². The van der Waals surface area contributed by atoms with Crippen LogP contribution < -0.4 is 0 Å². The molecular weight excluding hydrogens is 289 g/mol. The van der Waals surface area contributed by atoms with Crippen molar-refractivity contribution in [2.24, 2.45) is 0 Å². The molecule has 1 aromatic carbocycles. The third-order valence-electron chi connectivity index (χ3n) is 3.54. The average Bonchev–Trinajstić information content (AvgIpc) is 2.79. The minimum Gasteiger partial charge on any atom is -0.322 e. The Balaban J connectivity index is 2.11. The van der Waals surface area contributed by atoms with E-state index in [2.05, 4.69) is 9.97 Å². The summed E-state index contributed by atoms with van der Waals surface area (Å²) in [4.78, 5) is 8.72. The highest BCUT2D eigenvalue weighted by Crippen LogP contribution is 2.22. The first kappa shape index (κ1) is 14.0. The average molecular weight is 304 g/mol. The van der Waals surface area contributed by atoms with Crippen LogP contribution in [0.25, 0.3) is 11.0 Å². The minimum atomic E-state index is -0.245. The predicted molar refractivity (Wildman–Crippen MR) is 82.1 cm³/mol. The zero-order valence-corrected chi connectivity index (χ0v) is 12.7. The molecule has 0 bridgehead atoms. The Morgan fingerprint density at radius 2 is 2.05 bits per heavy atom. The number of fused-ring (bicyclic) bond motifs is 1. The van der Waals surface area contributed by atoms with E-state index < -0.39 is 0 Å². The molecule has 0 aliphatic carbocycles. The van der Waals surface area contributed by atoms with Crippen LogP contribution in [0, 0.1) is 19.7 Å². The molecule has 3 rings (SSSR count). The number of aryl methyl sites for hydroxylation is 2. The summed E-state index contributed by atoms with van der Waals surface area (Å²) in [6.07, 6.45) is 1.84. The van der Waals surface area contributed by atoms with Crippen LogP contribution in [0.5, 0.6) is 0 Å². The molecule has 0 aliphatic rings. The lowest BCUT2D eigenvalue weighted by molar-refractivity contribution is 0.620. The number of hydrogen-bond donors (Lipinski definition) is 0. The molecule has 2 aromatic heterocycles. The van der Waals surface area contributed by atoms with Gasteiger partial charge in [-0.3, -0.25) is 4.98 Å². The third kappa shape index (κ3) is 2.63. The summed E-state index contributed by atoms with van der Waals surface area (Å²) in [6, 6.07) is 7.28. The fourth-order valence-electron chi connectivity index (χ4n) is 2.35. The molecule has 0 amide bonds. The van der Waals surface area contributed by atoms with Gasteiger partial charge in [0.15, 0.2) is 0 Å². The molecule has 0 atom stereocenters. The topological polar surface area (TPSA) is 30.7 Å². The Hall–Kier alpha value is -1.94. The number of imidazole rings is 1. The van der Waals surface area contributed by atoms with E-state index in [-0.39, 0.29) is 11.7 Å². The van der Waals surface area contributed by atoms with Gasteiger partial charge in [0.2, 0.25) is 0 Å². The zero-order valence-electron chi connectivity index (χ0n) is 11.9. The highest BCUT2D eigenvalue weighted by Gasteiger charge is 2.12. The Bertz CT molecular complexity index is 793. The van der Waals surface area contributed by atoms with E-state index in [4.69, 9.17) is 11.6 Å². The number of nitrogens with zero attached hydrogens (tertiary/aromatic N) is 3. The molecule has 5 heteroatoms. The van der Waals surface area contributed by atoms with E-state index in [0.29, 0.717) is 17.6 Å². The predicted octanol–water partition coefficient (Wildman–Crippen LogP) is 3.97. The van der Waals surface area contributed by atoms with E-state index in [0.717, 1.165) is 22.6 Å². The molecule has 3 nitrogen and oxygen atoms in total. The molecule has 3 aromatic rings. The highest BCUT2D eigenvalue weighted by atomic mass is 35.5. The van der Waals surface area contributed by atoms with E-state index in [1.807, 2.05) is 35.9 Å². The first-order chi connectivity index (χ1) is 10.1. The monoisotopic (exact) mass is 303 g/mol. The van der Waals surface area contributed by atoms with Gasteiger partial charge in [0.25, 0.3) is 0 Å². The summed E-state index contributed by atoms with van der Waals surface area (Å²) in [6.45, 7) is 4.32. The van der Waals surface area contributed by atoms with Crippen molar-refractivity contribution in [3.05, 3.63) is 58.9 Å². The van der Waals surface area contributed by atoms with Gasteiger partial charge in [-0.05, 0) is 37.1 Å². The number of hydrogen-bond acceptors (Lipinski definition) is 2. The molecule has 0 unspecified atom stereocenters. The smallest absolute Gasteiger partial charge is 0.128 e. The maximum atomic E-state index is 13.7. The van der Waals surface area contributed by atoms with Gasteiger partial charge in [0, 0.05) is 18.0 Å². The van der Waals surface area contributed by atoms with Gasteiger partial charge in [-0.2, -0.15) is 0 Å². The zero-order chi connectivity index (χ0) is 15.0. The maximum absolute atomic E-state index is 13.7. The Labute approximate surface area is 127 Å². The van der Waals surface area contributed by atoms with Crippen molar-refractivity contribution >= 4 is 22.6 Å². The van der Waals surface area contributed by atoms with Crippen LogP contribution in [-0.2, 0) is 12.4 Å². The van der Waals surface area contributed by atoms with Gasteiger partial charge in [0.05, 0.1) is 23.5 Å². The van der Waals surface area contributed by atoms with Crippen molar-refractivity contribution < 1.29 is 4.39 Å². The van der Waals surface area contributed by atoms with Crippen LogP contribution in [0.3, 0.4) is 0 Å². The molecule has 0 radical (unpaired) electrons. The summed E-state index contributed by atoms with van der Waals surface area (Å²) >= 11 is 5.98. The number of aromatic nitrogens is 3. The molecule has 2 heterocycles. The summed E-state index contributed by atoms with van der Waals surface area (Å²) in [5, 5.41) is 0. The second-order valence-corrected chi connectivity index (χ2v) is 5.41. The lowest BCUT2D eigenvalue weighted by atomic mass is 10.2. The first-order valence-corrected chi connectivity index (χ1v) is 7.24. The summed E-state index contributed by atoms with van der Waals surface area (Å²) in [7, 11) is 0. The van der Waals surface area contributed by atoms with Crippen molar-refractivity contribution in [1.82, 2.24) is 14.5 Å². The molecule has 0 N–H and O–H groups in total. The van der Waals surface area contributed by atoms with E-state index in [9.17, 15) is 4.39 Å². The number of pyridine rings is 1. The Morgan fingerprint density at radius 3 is 2.71 bits per heavy atom. The summed E-state index contributed by atoms with van der Waals surface area (Å²) in [5.74, 6) is 0.775. The van der Waals surface area contributed by atoms with Crippen molar-refractivity contribution in [3.63, 3.8) is 0 Å². The molecule has 21 heavy (non-hydrogen) atoms. The Morgan fingerprint density at radius 1 is 1.24 bits per heavy atom. The molecule has 0 fully saturated rings. The standard InChI is InChI=1S/C16H15ClFN3/c1-10-5-15-14(6-13(10)18)20-16(7-17)21(15)9-12-4-3-11(2)19-8-12/h3-6,8H,7,9H2,1-2H3. The van der Waals surface area contributed by atoms with Gasteiger partial charge in [-0.1, -0.05) is 6.07 Å². The second-order valence-electron chi connectivity index (χ2n) is 5.15. The van der Waals surface area contributed by atoms with Crippen LogP contribution in [-0.4, -0.2) is 14.5 Å². The summed E-state index contributed by atoms with van der Waals surface area (Å²) in [5.41, 5.74) is 4.17. The second kappa shape index (κ2) is 5.45. The molecule has 0 saturated carbocycles. The molecule has 0 spiro atoms. The largest absolute Gasteiger partial charge is 0.322 e. The molecular formula is C16H15ClFN3. The molecule has 0 saturated heterocycles. The highest BCUT2D eigenvalue weighted by molar-refractivity contribution is 6.16. The fourth-order valence-corrected chi connectivity index (χ4v) is 2.56. The molecule has 108 valence electrons. The van der Waals surface area contributed by atoms with Crippen molar-refractivity contribution in [1.29, 1.82) is 0 Å². The first-order valence-electron chi connectivity index (χ1n) is 6.71. The third-order valence-corrected chi connectivity index (χ3v) is 3.78. The van der Waals surface area contributed by atoms with Crippen LogP contribution in [0.15, 0.2) is 30.5 Å². The quantitative estimate of drug-likeness (QED) is 0.685. The van der Waals surface area contributed by atoms with Crippen molar-refractivity contribution in [3.8, 4) is 0 Å². The number of halogens is 2. The normalized spacial score (nSPS) is 11.2. The SMILES string of the molecule is Cc1ccc(Cn2c(CCl)nc3cc(F)c(C)cc32)cn1. The number of rotatable bonds is 3. The van der Waals surface area contributed by atoms with Crippen LogP contribution in [0.1, 0.15) is 22.6 Å². The van der Waals surface area contributed by atoms with Gasteiger partial charge in [0.1, 0.15) is 11.6 Å². The van der Waals surface area contributed by atoms with Gasteiger partial charge in [-0.15, -0.1) is 11.6 Å². The lowest BCUT2D eigenvalue weighted by Gasteiger charge is -2.08. The Kier molecular flexibility index (Phi) is 3.64. The van der Waals surface area contributed by atoms with E-state index >= 15 is 0 Å². The molecule has 0 aliphatic heterocycles. The van der Waals surface area contributed by atoms with Crippen LogP contribution in [0.4, 0.5) is 4.39 Å². The fraction of sp³-hybridized carbons (Fsp3) is 0.250. The maximum Gasteiger partial charge on any atom is 0.128 e.